The van der Waals surface area contributed by atoms with E-state index >= 15 is 0 Å². The predicted molar refractivity (Wildman–Crippen MR) is 145 cm³/mol. The second-order valence-electron chi connectivity index (χ2n) is 9.13. The first-order chi connectivity index (χ1) is 17.6. The molecule has 0 saturated carbocycles. The lowest BCUT2D eigenvalue weighted by Crippen LogP contribution is -2.36. The number of halogens is 1. The van der Waals surface area contributed by atoms with Crippen LogP contribution in [0.25, 0.3) is 22.4 Å². The molecule has 11 heteroatoms. The Labute approximate surface area is 221 Å². The molecular formula is C26H32ClN7O3. The number of hydrogen-bond donors (Lipinski definition) is 2. The molecule has 1 aliphatic rings. The summed E-state index contributed by atoms with van der Waals surface area (Å²) in [5.74, 6) is 0.574. The zero-order valence-electron chi connectivity index (χ0n) is 21.0. The third-order valence-electron chi connectivity index (χ3n) is 6.68. The van der Waals surface area contributed by atoms with Crippen molar-refractivity contribution in [1.29, 1.82) is 0 Å². The number of benzene rings is 1. The van der Waals surface area contributed by atoms with Gasteiger partial charge in [-0.15, -0.1) is 12.4 Å². The maximum Gasteiger partial charge on any atom is 0.277 e. The number of pyridine rings is 1. The van der Waals surface area contributed by atoms with Crippen LogP contribution in [0.1, 0.15) is 29.0 Å². The maximum atomic E-state index is 13.2. The third kappa shape index (κ3) is 5.76. The molecule has 37 heavy (non-hydrogen) atoms. The van der Waals surface area contributed by atoms with Gasteiger partial charge in [-0.25, -0.2) is 4.98 Å². The Bertz CT molecular complexity index is 1360. The minimum absolute atomic E-state index is 0. The topological polar surface area (TPSA) is 124 Å². The normalized spacial score (nSPS) is 14.1. The fourth-order valence-electron chi connectivity index (χ4n) is 4.62. The highest BCUT2D eigenvalue weighted by Gasteiger charge is 2.23. The second kappa shape index (κ2) is 11.7. The summed E-state index contributed by atoms with van der Waals surface area (Å²) in [4.78, 5) is 24.1. The van der Waals surface area contributed by atoms with Crippen molar-refractivity contribution in [1.82, 2.24) is 19.7 Å². The molecule has 0 spiro atoms. The molecular weight excluding hydrogens is 494 g/mol. The third-order valence-corrected chi connectivity index (χ3v) is 6.68. The maximum absolute atomic E-state index is 13.2. The number of anilines is 2. The Balaban J connectivity index is 0.00000320. The molecule has 0 radical (unpaired) electrons. The van der Waals surface area contributed by atoms with E-state index in [2.05, 4.69) is 31.3 Å². The molecule has 0 atom stereocenters. The van der Waals surface area contributed by atoms with E-state index in [4.69, 9.17) is 14.9 Å². The number of aryl methyl sites for hydroxylation is 1. The number of fused-ring (bicyclic) bond motifs is 1. The van der Waals surface area contributed by atoms with Crippen molar-refractivity contribution < 1.29 is 13.9 Å². The van der Waals surface area contributed by atoms with Gasteiger partial charge in [-0.05, 0) is 56.5 Å². The number of nitrogens with zero attached hydrogens (tertiary/aromatic N) is 5. The van der Waals surface area contributed by atoms with Crippen LogP contribution in [0, 0.1) is 12.8 Å². The highest BCUT2D eigenvalue weighted by Crippen LogP contribution is 2.34. The molecule has 5 rings (SSSR count). The SMILES string of the molecule is COCCn1ncc2cc(NC(=O)c3coc(-c4ccnc(C)c4)n3)c(N3CCC(CN)CC3)cc21.Cl. The van der Waals surface area contributed by atoms with Crippen molar-refractivity contribution in [2.45, 2.75) is 26.3 Å². The van der Waals surface area contributed by atoms with Crippen molar-refractivity contribution in [2.24, 2.45) is 11.7 Å². The van der Waals surface area contributed by atoms with E-state index < -0.39 is 0 Å². The van der Waals surface area contributed by atoms with Gasteiger partial charge >= 0.3 is 0 Å². The number of carbonyl (C=O) groups excluding carboxylic acids is 1. The fourth-order valence-corrected chi connectivity index (χ4v) is 4.62. The summed E-state index contributed by atoms with van der Waals surface area (Å²) in [6.45, 7) is 5.56. The number of ether oxygens (including phenoxy) is 1. The second-order valence-corrected chi connectivity index (χ2v) is 9.13. The van der Waals surface area contributed by atoms with E-state index in [1.807, 2.05) is 29.9 Å². The van der Waals surface area contributed by atoms with Gasteiger partial charge in [0, 0.05) is 43.0 Å². The molecule has 1 amide bonds. The van der Waals surface area contributed by atoms with E-state index in [9.17, 15) is 4.79 Å². The summed E-state index contributed by atoms with van der Waals surface area (Å²) in [5, 5.41) is 8.53. The molecule has 3 aromatic heterocycles. The average molecular weight is 526 g/mol. The quantitative estimate of drug-likeness (QED) is 0.355. The van der Waals surface area contributed by atoms with E-state index in [-0.39, 0.29) is 24.0 Å². The standard InChI is InChI=1S/C26H31N7O3.ClH/c1-17-11-19(3-6-28-17)26-31-22(16-36-26)25(34)30-21-12-20-15-29-33(9-10-35-2)23(20)13-24(21)32-7-4-18(14-27)5-8-32;/h3,6,11-13,15-16,18H,4-5,7-10,14,27H2,1-2H3,(H,30,34);1H. The zero-order chi connectivity index (χ0) is 25.1. The van der Waals surface area contributed by atoms with Gasteiger partial charge in [0.1, 0.15) is 6.26 Å². The molecule has 1 saturated heterocycles. The minimum atomic E-state index is -0.333. The van der Waals surface area contributed by atoms with Crippen molar-refractivity contribution in [3.8, 4) is 11.5 Å². The number of amides is 1. The Morgan fingerprint density at radius 2 is 2.08 bits per heavy atom. The molecule has 0 bridgehead atoms. The van der Waals surface area contributed by atoms with Gasteiger partial charge in [0.05, 0.1) is 36.2 Å². The summed E-state index contributed by atoms with van der Waals surface area (Å²) >= 11 is 0. The molecule has 10 nitrogen and oxygen atoms in total. The molecule has 4 aromatic rings. The fraction of sp³-hybridized carbons (Fsp3) is 0.385. The Hall–Kier alpha value is -3.47. The van der Waals surface area contributed by atoms with Crippen molar-refractivity contribution in [2.75, 3.05) is 43.6 Å². The highest BCUT2D eigenvalue weighted by molar-refractivity contribution is 6.06. The van der Waals surface area contributed by atoms with Crippen LogP contribution in [0.5, 0.6) is 0 Å². The van der Waals surface area contributed by atoms with Gasteiger partial charge in [-0.1, -0.05) is 0 Å². The van der Waals surface area contributed by atoms with E-state index in [1.165, 1.54) is 6.26 Å². The van der Waals surface area contributed by atoms with Gasteiger partial charge in [0.2, 0.25) is 5.89 Å². The minimum Gasteiger partial charge on any atom is -0.444 e. The number of oxazole rings is 1. The lowest BCUT2D eigenvalue weighted by Gasteiger charge is -2.34. The summed E-state index contributed by atoms with van der Waals surface area (Å²) in [7, 11) is 1.68. The molecule has 196 valence electrons. The Kier molecular flexibility index (Phi) is 8.42. The summed E-state index contributed by atoms with van der Waals surface area (Å²) < 4.78 is 12.8. The number of piperidine rings is 1. The van der Waals surface area contributed by atoms with Crippen LogP contribution in [0.2, 0.25) is 0 Å². The zero-order valence-corrected chi connectivity index (χ0v) is 21.8. The van der Waals surface area contributed by atoms with E-state index in [0.717, 1.165) is 53.8 Å². The van der Waals surface area contributed by atoms with Crippen LogP contribution in [0.3, 0.4) is 0 Å². The van der Waals surface area contributed by atoms with Gasteiger partial charge in [-0.2, -0.15) is 5.10 Å². The van der Waals surface area contributed by atoms with Crippen LogP contribution in [-0.4, -0.2) is 59.0 Å². The smallest absolute Gasteiger partial charge is 0.277 e. The number of methoxy groups -OCH3 is 1. The lowest BCUT2D eigenvalue weighted by atomic mass is 9.96. The van der Waals surface area contributed by atoms with Crippen LogP contribution in [-0.2, 0) is 11.3 Å². The van der Waals surface area contributed by atoms with Gasteiger partial charge < -0.3 is 25.1 Å². The molecule has 3 N–H and O–H groups in total. The molecule has 1 aliphatic heterocycles. The lowest BCUT2D eigenvalue weighted by molar-refractivity contribution is 0.102. The summed E-state index contributed by atoms with van der Waals surface area (Å²) in [6, 6.07) is 7.75. The average Bonchev–Trinajstić information content (AvgIpc) is 3.55. The number of aromatic nitrogens is 4. The number of nitrogens with two attached hydrogens (primary N) is 1. The van der Waals surface area contributed by atoms with Crippen LogP contribution < -0.4 is 16.0 Å². The Morgan fingerprint density at radius 1 is 1.27 bits per heavy atom. The first-order valence-electron chi connectivity index (χ1n) is 12.2. The van der Waals surface area contributed by atoms with Crippen molar-refractivity contribution >= 4 is 40.6 Å². The summed E-state index contributed by atoms with van der Waals surface area (Å²) in [6.07, 6.45) is 6.92. The molecule has 0 unspecified atom stereocenters. The Morgan fingerprint density at radius 3 is 2.81 bits per heavy atom. The molecule has 0 aliphatic carbocycles. The first-order valence-corrected chi connectivity index (χ1v) is 12.2. The van der Waals surface area contributed by atoms with Crippen molar-refractivity contribution in [3.05, 3.63) is 54.3 Å². The van der Waals surface area contributed by atoms with Crippen LogP contribution >= 0.6 is 12.4 Å². The largest absolute Gasteiger partial charge is 0.444 e. The number of nitrogens with one attached hydrogen (secondary N) is 1. The molecule has 1 aromatic carbocycles. The monoisotopic (exact) mass is 525 g/mol. The van der Waals surface area contributed by atoms with Gasteiger partial charge in [0.15, 0.2) is 5.69 Å². The predicted octanol–water partition coefficient (Wildman–Crippen LogP) is 3.89. The van der Waals surface area contributed by atoms with E-state index in [0.29, 0.717) is 37.2 Å². The van der Waals surface area contributed by atoms with Crippen molar-refractivity contribution in [3.63, 3.8) is 0 Å². The molecule has 1 fully saturated rings. The highest BCUT2D eigenvalue weighted by atomic mass is 35.5. The van der Waals surface area contributed by atoms with Gasteiger partial charge in [-0.3, -0.25) is 14.5 Å². The molecule has 4 heterocycles. The van der Waals surface area contributed by atoms with E-state index in [1.54, 1.807) is 19.4 Å². The first kappa shape index (κ1) is 26.6. The van der Waals surface area contributed by atoms with Crippen LogP contribution in [0.15, 0.2) is 47.3 Å². The summed E-state index contributed by atoms with van der Waals surface area (Å²) in [5.41, 5.74) is 10.4. The number of rotatable bonds is 8. The van der Waals surface area contributed by atoms with Crippen LogP contribution in [0.4, 0.5) is 11.4 Å². The number of hydrogen-bond acceptors (Lipinski definition) is 8. The number of carbonyl (C=O) groups is 1. The van der Waals surface area contributed by atoms with Gasteiger partial charge in [0.25, 0.3) is 5.91 Å².